The van der Waals surface area contributed by atoms with Crippen molar-refractivity contribution >= 4 is 29.9 Å². The van der Waals surface area contributed by atoms with Gasteiger partial charge in [-0.2, -0.15) is 0 Å². The monoisotopic (exact) mass is 433 g/mol. The molecule has 0 aromatic heterocycles. The maximum Gasteiger partial charge on any atom is 0.191 e. The molecule has 0 bridgehead atoms. The van der Waals surface area contributed by atoms with E-state index >= 15 is 0 Å². The normalized spacial score (nSPS) is 19.7. The van der Waals surface area contributed by atoms with Gasteiger partial charge < -0.3 is 20.1 Å². The van der Waals surface area contributed by atoms with Gasteiger partial charge in [0.25, 0.3) is 0 Å². The maximum absolute atomic E-state index is 5.81. The summed E-state index contributed by atoms with van der Waals surface area (Å²) in [6, 6.07) is 6.81. The highest BCUT2D eigenvalue weighted by molar-refractivity contribution is 14.0. The smallest absolute Gasteiger partial charge is 0.191 e. The summed E-state index contributed by atoms with van der Waals surface area (Å²) < 4.78 is 10.8. The molecule has 1 fully saturated rings. The highest BCUT2D eigenvalue weighted by Crippen LogP contribution is 2.28. The second-order valence-electron chi connectivity index (χ2n) is 5.84. The van der Waals surface area contributed by atoms with Gasteiger partial charge in [-0.1, -0.05) is 19.1 Å². The molecule has 2 N–H and O–H groups in total. The molecule has 0 radical (unpaired) electrons. The van der Waals surface area contributed by atoms with E-state index < -0.39 is 0 Å². The number of aliphatic imine (C=N–C) groups is 1. The summed E-state index contributed by atoms with van der Waals surface area (Å²) in [6.45, 7) is 6.13. The first-order valence-corrected chi connectivity index (χ1v) is 7.82. The molecule has 0 aliphatic heterocycles. The average Bonchev–Trinajstić information content (AvgIpc) is 3.20. The number of benzene rings is 1. The van der Waals surface area contributed by atoms with Crippen molar-refractivity contribution in [1.82, 2.24) is 10.6 Å². The van der Waals surface area contributed by atoms with Crippen LogP contribution in [0.5, 0.6) is 5.75 Å². The number of hydrogen-bond donors (Lipinski definition) is 2. The zero-order chi connectivity index (χ0) is 15.9. The Morgan fingerprint density at radius 3 is 2.70 bits per heavy atom. The molecule has 1 aromatic carbocycles. The summed E-state index contributed by atoms with van der Waals surface area (Å²) in [6.07, 6.45) is 1.22. The number of rotatable bonds is 7. The van der Waals surface area contributed by atoms with Crippen molar-refractivity contribution in [3.8, 4) is 5.75 Å². The van der Waals surface area contributed by atoms with Crippen LogP contribution in [-0.4, -0.2) is 39.4 Å². The first kappa shape index (κ1) is 20.0. The number of hydrogen-bond acceptors (Lipinski definition) is 3. The van der Waals surface area contributed by atoms with E-state index in [2.05, 4.69) is 47.7 Å². The van der Waals surface area contributed by atoms with Gasteiger partial charge in [0.1, 0.15) is 12.4 Å². The average molecular weight is 433 g/mol. The van der Waals surface area contributed by atoms with Crippen LogP contribution in [0, 0.1) is 12.8 Å². The molecule has 1 saturated carbocycles. The Balaban J connectivity index is 0.00000264. The molecule has 0 heterocycles. The van der Waals surface area contributed by atoms with Crippen LogP contribution in [0.1, 0.15) is 24.5 Å². The summed E-state index contributed by atoms with van der Waals surface area (Å²) in [5, 5.41) is 6.78. The number of ether oxygens (including phenoxy) is 2. The molecule has 1 aliphatic carbocycles. The zero-order valence-electron chi connectivity index (χ0n) is 14.4. The van der Waals surface area contributed by atoms with Crippen LogP contribution in [0.4, 0.5) is 0 Å². The minimum atomic E-state index is 0. The third-order valence-corrected chi connectivity index (χ3v) is 3.87. The second kappa shape index (κ2) is 9.97. The molecular weight excluding hydrogens is 405 g/mol. The zero-order valence-corrected chi connectivity index (χ0v) is 16.7. The highest BCUT2D eigenvalue weighted by atomic mass is 127. The van der Waals surface area contributed by atoms with E-state index in [0.29, 0.717) is 25.8 Å². The van der Waals surface area contributed by atoms with E-state index in [9.17, 15) is 0 Å². The minimum absolute atomic E-state index is 0. The quantitative estimate of drug-likeness (QED) is 0.301. The molecule has 0 spiro atoms. The van der Waals surface area contributed by atoms with Crippen molar-refractivity contribution in [2.45, 2.75) is 32.9 Å². The Kier molecular flexibility index (Phi) is 8.68. The lowest BCUT2D eigenvalue weighted by Gasteiger charge is -2.15. The summed E-state index contributed by atoms with van der Waals surface area (Å²) in [5.74, 6) is 2.49. The fourth-order valence-corrected chi connectivity index (χ4v) is 2.25. The van der Waals surface area contributed by atoms with E-state index in [0.717, 1.165) is 23.2 Å². The first-order chi connectivity index (χ1) is 10.6. The molecule has 1 aliphatic rings. The van der Waals surface area contributed by atoms with Gasteiger partial charge >= 0.3 is 0 Å². The van der Waals surface area contributed by atoms with E-state index in [1.54, 1.807) is 14.2 Å². The summed E-state index contributed by atoms with van der Waals surface area (Å²) >= 11 is 0. The van der Waals surface area contributed by atoms with Crippen LogP contribution in [-0.2, 0) is 11.3 Å². The van der Waals surface area contributed by atoms with E-state index in [1.165, 1.54) is 12.0 Å². The van der Waals surface area contributed by atoms with Crippen molar-refractivity contribution in [1.29, 1.82) is 0 Å². The molecule has 0 saturated heterocycles. The highest BCUT2D eigenvalue weighted by Gasteiger charge is 2.33. The van der Waals surface area contributed by atoms with Crippen LogP contribution in [0.25, 0.3) is 0 Å². The lowest BCUT2D eigenvalue weighted by Crippen LogP contribution is -2.38. The van der Waals surface area contributed by atoms with Gasteiger partial charge in [0.15, 0.2) is 5.96 Å². The predicted octanol–water partition coefficient (Wildman–Crippen LogP) is 2.71. The van der Waals surface area contributed by atoms with E-state index in [-0.39, 0.29) is 24.0 Å². The van der Waals surface area contributed by atoms with Crippen LogP contribution in [0.3, 0.4) is 0 Å². The van der Waals surface area contributed by atoms with E-state index in [1.807, 2.05) is 0 Å². The van der Waals surface area contributed by atoms with Gasteiger partial charge in [0.05, 0.1) is 6.61 Å². The van der Waals surface area contributed by atoms with E-state index in [4.69, 9.17) is 9.47 Å². The van der Waals surface area contributed by atoms with Crippen molar-refractivity contribution in [3.63, 3.8) is 0 Å². The molecule has 5 nitrogen and oxygen atoms in total. The number of methoxy groups -OCH3 is 1. The minimum Gasteiger partial charge on any atom is -0.491 e. The second-order valence-corrected chi connectivity index (χ2v) is 5.84. The van der Waals surface area contributed by atoms with Crippen molar-refractivity contribution in [3.05, 3.63) is 29.3 Å². The van der Waals surface area contributed by atoms with Crippen LogP contribution < -0.4 is 15.4 Å². The van der Waals surface area contributed by atoms with Crippen LogP contribution in [0.2, 0.25) is 0 Å². The first-order valence-electron chi connectivity index (χ1n) is 7.82. The van der Waals surface area contributed by atoms with Crippen molar-refractivity contribution in [2.75, 3.05) is 27.4 Å². The molecule has 130 valence electrons. The Morgan fingerprint density at radius 1 is 1.35 bits per heavy atom. The molecular formula is C17H28IN3O2. The van der Waals surface area contributed by atoms with Gasteiger partial charge in [0.2, 0.25) is 0 Å². The topological polar surface area (TPSA) is 54.9 Å². The van der Waals surface area contributed by atoms with Gasteiger partial charge in [0, 0.05) is 32.3 Å². The molecule has 0 amide bonds. The predicted molar refractivity (Wildman–Crippen MR) is 105 cm³/mol. The molecule has 23 heavy (non-hydrogen) atoms. The summed E-state index contributed by atoms with van der Waals surface area (Å²) in [5.41, 5.74) is 2.30. The van der Waals surface area contributed by atoms with Gasteiger partial charge in [-0.3, -0.25) is 4.99 Å². The largest absolute Gasteiger partial charge is 0.491 e. The summed E-state index contributed by atoms with van der Waals surface area (Å²) in [4.78, 5) is 4.27. The number of nitrogens with one attached hydrogen (secondary N) is 2. The number of halogens is 1. The van der Waals surface area contributed by atoms with Crippen LogP contribution in [0.15, 0.2) is 23.2 Å². The Labute approximate surface area is 156 Å². The summed E-state index contributed by atoms with van der Waals surface area (Å²) in [7, 11) is 3.48. The lowest BCUT2D eigenvalue weighted by molar-refractivity contribution is 0.145. The molecule has 2 rings (SSSR count). The van der Waals surface area contributed by atoms with Crippen molar-refractivity contribution < 1.29 is 9.47 Å². The third-order valence-electron chi connectivity index (χ3n) is 3.87. The fourth-order valence-electron chi connectivity index (χ4n) is 2.25. The Morgan fingerprint density at radius 2 is 2.09 bits per heavy atom. The standard InChI is InChI=1S/C17H27N3O2.HI/c1-12-5-6-14(16(9-12)22-8-7-21-4)11-19-17(18-3)20-15-10-13(15)2;/h5-6,9,13,15H,7-8,10-11H2,1-4H3,(H2,18,19,20);1H. The fraction of sp³-hybridized carbons (Fsp3) is 0.588. The van der Waals surface area contributed by atoms with Gasteiger partial charge in [-0.15, -0.1) is 24.0 Å². The number of aryl methyl sites for hydroxylation is 1. The van der Waals surface area contributed by atoms with Gasteiger partial charge in [-0.25, -0.2) is 0 Å². The van der Waals surface area contributed by atoms with Crippen LogP contribution >= 0.6 is 24.0 Å². The number of guanidine groups is 1. The molecule has 6 heteroatoms. The number of nitrogens with zero attached hydrogens (tertiary/aromatic N) is 1. The molecule has 2 atom stereocenters. The Hall–Kier alpha value is -1.02. The third kappa shape index (κ3) is 6.55. The maximum atomic E-state index is 5.81. The molecule has 1 aromatic rings. The Bertz CT molecular complexity index is 523. The van der Waals surface area contributed by atoms with Gasteiger partial charge in [-0.05, 0) is 30.9 Å². The lowest BCUT2D eigenvalue weighted by atomic mass is 10.1. The van der Waals surface area contributed by atoms with Crippen molar-refractivity contribution in [2.24, 2.45) is 10.9 Å². The SMILES string of the molecule is CN=C(NCc1ccc(C)cc1OCCOC)NC1CC1C.I. The molecule has 2 unspecified atom stereocenters.